The minimum Gasteiger partial charge on any atom is -0.484 e. The highest BCUT2D eigenvalue weighted by atomic mass is 19.4. The number of nitrogens with zero attached hydrogens (tertiary/aromatic N) is 5. The van der Waals surface area contributed by atoms with Gasteiger partial charge in [0.15, 0.2) is 17.3 Å². The third-order valence-electron chi connectivity index (χ3n) is 6.52. The summed E-state index contributed by atoms with van der Waals surface area (Å²) in [6.07, 6.45) is -1.58. The summed E-state index contributed by atoms with van der Waals surface area (Å²) in [5.74, 6) is -2.72. The molecule has 2 N–H and O–H groups in total. The zero-order valence-corrected chi connectivity index (χ0v) is 18.7. The average molecular weight is 502 g/mol. The zero-order valence-electron chi connectivity index (χ0n) is 18.7. The predicted molar refractivity (Wildman–Crippen MR) is 118 cm³/mol. The molecule has 2 aliphatic heterocycles. The first kappa shape index (κ1) is 22.3. The average Bonchev–Trinajstić information content (AvgIpc) is 3.41. The molecule has 1 saturated heterocycles. The molecule has 1 amide bonds. The fraction of sp³-hybridized carbons (Fsp3) is 0.304. The largest absolute Gasteiger partial charge is 0.573 e. The van der Waals surface area contributed by atoms with Gasteiger partial charge in [0.1, 0.15) is 29.2 Å². The van der Waals surface area contributed by atoms with E-state index in [0.717, 1.165) is 6.07 Å². The summed E-state index contributed by atoms with van der Waals surface area (Å²) in [4.78, 5) is 28.0. The van der Waals surface area contributed by atoms with Crippen molar-refractivity contribution in [3.8, 4) is 11.5 Å². The number of nitrogen functional groups attached to an aromatic ring is 1. The highest BCUT2D eigenvalue weighted by molar-refractivity contribution is 5.96. The topological polar surface area (TPSA) is 108 Å². The lowest BCUT2D eigenvalue weighted by atomic mass is 9.94. The van der Waals surface area contributed by atoms with Gasteiger partial charge in [-0.05, 0) is 38.0 Å². The molecule has 0 spiro atoms. The van der Waals surface area contributed by atoms with E-state index in [4.69, 9.17) is 10.5 Å². The fourth-order valence-electron chi connectivity index (χ4n) is 5.03. The van der Waals surface area contributed by atoms with E-state index < -0.39 is 36.0 Å². The van der Waals surface area contributed by atoms with Crippen molar-refractivity contribution in [1.82, 2.24) is 24.3 Å². The molecular weight excluding hydrogens is 484 g/mol. The number of amides is 1. The molecule has 1 fully saturated rings. The number of benzene rings is 1. The Morgan fingerprint density at radius 2 is 2.08 bits per heavy atom. The van der Waals surface area contributed by atoms with Gasteiger partial charge in [-0.15, -0.1) is 13.2 Å². The highest BCUT2D eigenvalue weighted by Gasteiger charge is 2.46. The Hall–Kier alpha value is -4.16. The molecule has 4 aromatic rings. The molecular formula is C23H18F4N6O3. The summed E-state index contributed by atoms with van der Waals surface area (Å²) in [6, 6.07) is 3.09. The summed E-state index contributed by atoms with van der Waals surface area (Å²) in [6.45, 7) is 2.13. The Labute approximate surface area is 200 Å². The number of carbonyl (C=O) groups is 1. The van der Waals surface area contributed by atoms with Crippen LogP contribution in [0.4, 0.5) is 23.4 Å². The van der Waals surface area contributed by atoms with Gasteiger partial charge in [-0.3, -0.25) is 9.20 Å². The van der Waals surface area contributed by atoms with Crippen LogP contribution in [0.15, 0.2) is 30.7 Å². The Morgan fingerprint density at radius 3 is 2.86 bits per heavy atom. The predicted octanol–water partition coefficient (Wildman–Crippen LogP) is 3.94. The number of imidazole rings is 1. The number of likely N-dealkylation sites (tertiary alicyclic amines) is 1. The number of piperidine rings is 1. The molecule has 3 aromatic heterocycles. The third-order valence-corrected chi connectivity index (χ3v) is 6.52. The zero-order chi connectivity index (χ0) is 25.4. The number of alkyl halides is 3. The molecule has 36 heavy (non-hydrogen) atoms. The molecule has 0 unspecified atom stereocenters. The maximum Gasteiger partial charge on any atom is 0.573 e. The van der Waals surface area contributed by atoms with Gasteiger partial charge < -0.3 is 20.1 Å². The summed E-state index contributed by atoms with van der Waals surface area (Å²) >= 11 is 0. The molecule has 2 aliphatic rings. The number of anilines is 1. The first-order valence-corrected chi connectivity index (χ1v) is 11.1. The molecule has 186 valence electrons. The maximum absolute atomic E-state index is 14.9. The van der Waals surface area contributed by atoms with E-state index in [-0.39, 0.29) is 22.8 Å². The van der Waals surface area contributed by atoms with E-state index in [9.17, 15) is 22.4 Å². The van der Waals surface area contributed by atoms with Crippen LogP contribution in [0.2, 0.25) is 0 Å². The summed E-state index contributed by atoms with van der Waals surface area (Å²) in [5, 5.41) is 0. The molecule has 0 aliphatic carbocycles. The van der Waals surface area contributed by atoms with E-state index in [1.807, 2.05) is 0 Å². The van der Waals surface area contributed by atoms with Crippen LogP contribution in [0.3, 0.4) is 0 Å². The summed E-state index contributed by atoms with van der Waals surface area (Å²) in [5.41, 5.74) is 8.80. The molecule has 0 bridgehead atoms. The number of ether oxygens (including phenoxy) is 2. The van der Waals surface area contributed by atoms with Gasteiger partial charge in [-0.1, -0.05) is 0 Å². The van der Waals surface area contributed by atoms with Crippen molar-refractivity contribution in [3.05, 3.63) is 53.5 Å². The molecule has 2 atom stereocenters. The SMILES string of the molecule is Cc1ncn2c1c(N)nc1cnc(C(=O)N3CCC[C@@H]4Oc5c(ccc(OC(F)(F)F)c5F)[C@@H]43)cc12. The van der Waals surface area contributed by atoms with Crippen molar-refractivity contribution in [2.24, 2.45) is 0 Å². The smallest absolute Gasteiger partial charge is 0.484 e. The van der Waals surface area contributed by atoms with Crippen LogP contribution < -0.4 is 15.2 Å². The minimum atomic E-state index is -5.05. The van der Waals surface area contributed by atoms with E-state index >= 15 is 0 Å². The van der Waals surface area contributed by atoms with E-state index in [1.165, 1.54) is 17.2 Å². The number of carbonyl (C=O) groups excluding carboxylic acids is 1. The van der Waals surface area contributed by atoms with E-state index in [0.29, 0.717) is 41.6 Å². The number of pyridine rings is 1. The molecule has 13 heteroatoms. The van der Waals surface area contributed by atoms with E-state index in [1.54, 1.807) is 23.7 Å². The number of hydrogen-bond acceptors (Lipinski definition) is 7. The molecule has 1 aromatic carbocycles. The van der Waals surface area contributed by atoms with Gasteiger partial charge in [0, 0.05) is 12.1 Å². The van der Waals surface area contributed by atoms with Gasteiger partial charge >= 0.3 is 6.36 Å². The van der Waals surface area contributed by atoms with Crippen molar-refractivity contribution in [2.75, 3.05) is 12.3 Å². The molecule has 0 saturated carbocycles. The van der Waals surface area contributed by atoms with Gasteiger partial charge in [0.2, 0.25) is 5.82 Å². The summed E-state index contributed by atoms with van der Waals surface area (Å²) in [7, 11) is 0. The lowest BCUT2D eigenvalue weighted by molar-refractivity contribution is -0.275. The minimum absolute atomic E-state index is 0.119. The Bertz CT molecular complexity index is 1550. The number of aromatic nitrogens is 4. The highest BCUT2D eigenvalue weighted by Crippen LogP contribution is 2.48. The maximum atomic E-state index is 14.9. The third kappa shape index (κ3) is 3.37. The van der Waals surface area contributed by atoms with Gasteiger partial charge in [0.05, 0.1) is 23.4 Å². The molecule has 0 radical (unpaired) electrons. The summed E-state index contributed by atoms with van der Waals surface area (Å²) < 4.78 is 64.0. The monoisotopic (exact) mass is 502 g/mol. The van der Waals surface area contributed by atoms with Gasteiger partial charge in [-0.2, -0.15) is 4.39 Å². The van der Waals surface area contributed by atoms with Crippen LogP contribution in [-0.4, -0.2) is 49.2 Å². The van der Waals surface area contributed by atoms with Crippen molar-refractivity contribution in [1.29, 1.82) is 0 Å². The Kier molecular flexibility index (Phi) is 4.75. The van der Waals surface area contributed by atoms with Gasteiger partial charge in [-0.25, -0.2) is 15.0 Å². The van der Waals surface area contributed by atoms with Crippen LogP contribution in [0, 0.1) is 12.7 Å². The van der Waals surface area contributed by atoms with Crippen LogP contribution in [-0.2, 0) is 0 Å². The van der Waals surface area contributed by atoms with Crippen molar-refractivity contribution >= 4 is 28.3 Å². The number of halogens is 4. The van der Waals surface area contributed by atoms with Crippen molar-refractivity contribution < 1.29 is 31.8 Å². The number of aryl methyl sites for hydroxylation is 1. The van der Waals surface area contributed by atoms with Gasteiger partial charge in [0.25, 0.3) is 5.91 Å². The second-order valence-corrected chi connectivity index (χ2v) is 8.69. The molecule has 6 rings (SSSR count). The quantitative estimate of drug-likeness (QED) is 0.414. The lowest BCUT2D eigenvalue weighted by Gasteiger charge is -2.36. The number of fused-ring (bicyclic) bond motifs is 6. The van der Waals surface area contributed by atoms with Crippen LogP contribution in [0.25, 0.3) is 16.6 Å². The van der Waals surface area contributed by atoms with Crippen LogP contribution in [0.5, 0.6) is 11.5 Å². The normalized spacial score (nSPS) is 19.3. The first-order chi connectivity index (χ1) is 17.1. The first-order valence-electron chi connectivity index (χ1n) is 11.1. The second kappa shape index (κ2) is 7.67. The van der Waals surface area contributed by atoms with E-state index in [2.05, 4.69) is 19.7 Å². The standard InChI is InChI=1S/C23H18F4N6O3/c1-10-18-21(28)31-13-8-29-12(7-14(13)33(18)9-30-10)22(34)32-6-2-3-16-19(32)11-4-5-15(36-23(25,26)27)17(24)20(11)35-16/h4-5,7-9,16,19H,2-3,6H2,1H3,(H2,28,31)/t16-,19-/m0/s1. The molecule has 5 heterocycles. The number of rotatable bonds is 2. The molecule has 9 nitrogen and oxygen atoms in total. The Balaban J connectivity index is 1.39. The fourth-order valence-corrected chi connectivity index (χ4v) is 5.03. The number of hydrogen-bond donors (Lipinski definition) is 1. The number of nitrogens with two attached hydrogens (primary N) is 1. The second-order valence-electron chi connectivity index (χ2n) is 8.69. The van der Waals surface area contributed by atoms with Crippen LogP contribution >= 0.6 is 0 Å². The lowest BCUT2D eigenvalue weighted by Crippen LogP contribution is -2.44. The van der Waals surface area contributed by atoms with Crippen molar-refractivity contribution in [2.45, 2.75) is 38.3 Å². The Morgan fingerprint density at radius 1 is 1.28 bits per heavy atom. The van der Waals surface area contributed by atoms with Crippen molar-refractivity contribution in [3.63, 3.8) is 0 Å². The van der Waals surface area contributed by atoms with Crippen LogP contribution in [0.1, 0.15) is 40.6 Å².